The number of piperazine rings is 1. The average Bonchev–Trinajstić information content (AvgIpc) is 2.62. The summed E-state index contributed by atoms with van der Waals surface area (Å²) >= 11 is 1.38. The van der Waals surface area contributed by atoms with Crippen LogP contribution < -0.4 is 10.2 Å². The number of benzene rings is 2. The van der Waals surface area contributed by atoms with Crippen molar-refractivity contribution in [3.8, 4) is 6.07 Å². The molecule has 0 aliphatic carbocycles. The number of anilines is 1. The number of hydrogen-bond donors (Lipinski definition) is 1. The van der Waals surface area contributed by atoms with E-state index in [-0.39, 0.29) is 0 Å². The summed E-state index contributed by atoms with van der Waals surface area (Å²) in [7, 11) is 0. The van der Waals surface area contributed by atoms with E-state index in [1.54, 1.807) is 12.1 Å². The van der Waals surface area contributed by atoms with Crippen LogP contribution in [0.4, 0.5) is 18.9 Å². The van der Waals surface area contributed by atoms with Crippen LogP contribution in [0.3, 0.4) is 0 Å². The van der Waals surface area contributed by atoms with Crippen molar-refractivity contribution in [2.24, 2.45) is 0 Å². The van der Waals surface area contributed by atoms with Crippen molar-refractivity contribution < 1.29 is 13.2 Å². The van der Waals surface area contributed by atoms with E-state index in [0.29, 0.717) is 10.5 Å². The van der Waals surface area contributed by atoms with Gasteiger partial charge in [0.1, 0.15) is 0 Å². The number of rotatable bonds is 3. The van der Waals surface area contributed by atoms with E-state index in [1.807, 2.05) is 6.07 Å². The Labute approximate surface area is 148 Å². The summed E-state index contributed by atoms with van der Waals surface area (Å²) in [5.41, 5.74) is 0.878. The second kappa shape index (κ2) is 7.38. The molecule has 3 rings (SSSR count). The highest BCUT2D eigenvalue weighted by Crippen LogP contribution is 2.38. The normalized spacial score (nSPS) is 15.0. The van der Waals surface area contributed by atoms with Crippen molar-refractivity contribution >= 4 is 17.4 Å². The van der Waals surface area contributed by atoms with E-state index in [1.165, 1.54) is 23.9 Å². The van der Waals surface area contributed by atoms with E-state index in [2.05, 4.69) is 16.3 Å². The van der Waals surface area contributed by atoms with Crippen LogP contribution in [0.15, 0.2) is 52.3 Å². The molecule has 0 aromatic heterocycles. The second-order valence-corrected chi connectivity index (χ2v) is 6.77. The van der Waals surface area contributed by atoms with Crippen LogP contribution in [0.1, 0.15) is 11.1 Å². The first kappa shape index (κ1) is 17.6. The van der Waals surface area contributed by atoms with Crippen LogP contribution in [-0.2, 0) is 6.18 Å². The Morgan fingerprint density at radius 1 is 1.04 bits per heavy atom. The van der Waals surface area contributed by atoms with Crippen molar-refractivity contribution in [2.45, 2.75) is 16.0 Å². The first-order chi connectivity index (χ1) is 12.0. The average molecular weight is 363 g/mol. The van der Waals surface area contributed by atoms with Gasteiger partial charge in [-0.15, -0.1) is 0 Å². The van der Waals surface area contributed by atoms with Crippen LogP contribution in [0.25, 0.3) is 0 Å². The molecule has 2 aromatic carbocycles. The Bertz CT molecular complexity index is 776. The minimum Gasteiger partial charge on any atom is -0.368 e. The molecule has 3 nitrogen and oxygen atoms in total. The van der Waals surface area contributed by atoms with Gasteiger partial charge < -0.3 is 10.2 Å². The molecule has 1 aliphatic rings. The fourth-order valence-corrected chi connectivity index (χ4v) is 3.69. The van der Waals surface area contributed by atoms with Crippen LogP contribution in [-0.4, -0.2) is 26.2 Å². The number of alkyl halides is 3. The molecule has 0 radical (unpaired) electrons. The standard InChI is InChI=1S/C18H16F3N3S/c19-18(20,21)14-2-4-15(5-3-14)25-17-11-13(12-22)1-6-16(17)24-9-7-23-8-10-24/h1-6,11,23H,7-10H2. The molecule has 0 atom stereocenters. The minimum atomic E-state index is -4.34. The molecule has 1 heterocycles. The summed E-state index contributed by atoms with van der Waals surface area (Å²) in [4.78, 5) is 3.81. The third-order valence-electron chi connectivity index (χ3n) is 3.96. The van der Waals surface area contributed by atoms with E-state index < -0.39 is 11.7 Å². The maximum atomic E-state index is 12.7. The lowest BCUT2D eigenvalue weighted by molar-refractivity contribution is -0.137. The molecule has 130 valence electrons. The Kier molecular flexibility index (Phi) is 5.21. The number of halogens is 3. The van der Waals surface area contributed by atoms with Gasteiger partial charge in [-0.3, -0.25) is 0 Å². The molecule has 1 fully saturated rings. The van der Waals surface area contributed by atoms with E-state index in [0.717, 1.165) is 48.9 Å². The SMILES string of the molecule is N#Cc1ccc(N2CCNCC2)c(Sc2ccc(C(F)(F)F)cc2)c1. The van der Waals surface area contributed by atoms with Gasteiger partial charge in [-0.25, -0.2) is 0 Å². The highest BCUT2D eigenvalue weighted by Gasteiger charge is 2.30. The molecule has 25 heavy (non-hydrogen) atoms. The molecule has 0 unspecified atom stereocenters. The van der Waals surface area contributed by atoms with Gasteiger partial charge in [-0.05, 0) is 42.5 Å². The molecule has 0 amide bonds. The molecular formula is C18H16F3N3S. The van der Waals surface area contributed by atoms with Crippen molar-refractivity contribution in [2.75, 3.05) is 31.1 Å². The van der Waals surface area contributed by atoms with Crippen LogP contribution in [0.5, 0.6) is 0 Å². The molecule has 1 saturated heterocycles. The Hall–Kier alpha value is -2.17. The van der Waals surface area contributed by atoms with Gasteiger partial charge in [0.05, 0.1) is 22.9 Å². The summed E-state index contributed by atoms with van der Waals surface area (Å²) in [5.74, 6) is 0. The lowest BCUT2D eigenvalue weighted by Crippen LogP contribution is -2.43. The topological polar surface area (TPSA) is 39.1 Å². The van der Waals surface area contributed by atoms with Gasteiger partial charge in [0.15, 0.2) is 0 Å². The smallest absolute Gasteiger partial charge is 0.368 e. The summed E-state index contributed by atoms with van der Waals surface area (Å²) in [6, 6.07) is 12.7. The predicted molar refractivity (Wildman–Crippen MR) is 91.8 cm³/mol. The Morgan fingerprint density at radius 2 is 1.72 bits per heavy atom. The molecule has 1 N–H and O–H groups in total. The van der Waals surface area contributed by atoms with Gasteiger partial charge in [-0.1, -0.05) is 11.8 Å². The third kappa shape index (κ3) is 4.27. The molecule has 7 heteroatoms. The zero-order valence-electron chi connectivity index (χ0n) is 13.3. The minimum absolute atomic E-state index is 0.535. The fourth-order valence-electron chi connectivity index (χ4n) is 2.67. The first-order valence-electron chi connectivity index (χ1n) is 7.82. The van der Waals surface area contributed by atoms with E-state index in [4.69, 9.17) is 5.26 Å². The highest BCUT2D eigenvalue weighted by atomic mass is 32.2. The van der Waals surface area contributed by atoms with Crippen LogP contribution in [0.2, 0.25) is 0 Å². The lowest BCUT2D eigenvalue weighted by atomic mass is 10.2. The zero-order chi connectivity index (χ0) is 17.9. The van der Waals surface area contributed by atoms with Crippen molar-refractivity contribution in [3.05, 3.63) is 53.6 Å². The predicted octanol–water partition coefficient (Wildman–Crippen LogP) is 4.14. The number of nitriles is 1. The van der Waals surface area contributed by atoms with E-state index in [9.17, 15) is 13.2 Å². The largest absolute Gasteiger partial charge is 0.416 e. The summed E-state index contributed by atoms with van der Waals surface area (Å²) in [6.07, 6.45) is -4.34. The monoisotopic (exact) mass is 363 g/mol. The molecule has 2 aromatic rings. The first-order valence-corrected chi connectivity index (χ1v) is 8.64. The van der Waals surface area contributed by atoms with Crippen LogP contribution in [0, 0.1) is 11.3 Å². The van der Waals surface area contributed by atoms with Gasteiger partial charge in [0, 0.05) is 36.0 Å². The number of nitrogens with one attached hydrogen (secondary N) is 1. The molecule has 0 bridgehead atoms. The van der Waals surface area contributed by atoms with Gasteiger partial charge in [-0.2, -0.15) is 18.4 Å². The van der Waals surface area contributed by atoms with Crippen molar-refractivity contribution in [3.63, 3.8) is 0 Å². The Morgan fingerprint density at radius 3 is 2.32 bits per heavy atom. The summed E-state index contributed by atoms with van der Waals surface area (Å²) in [5, 5.41) is 12.4. The van der Waals surface area contributed by atoms with Crippen molar-refractivity contribution in [1.82, 2.24) is 5.32 Å². The van der Waals surface area contributed by atoms with Gasteiger partial charge >= 0.3 is 6.18 Å². The molecule has 0 spiro atoms. The van der Waals surface area contributed by atoms with Crippen LogP contribution >= 0.6 is 11.8 Å². The zero-order valence-corrected chi connectivity index (χ0v) is 14.1. The Balaban J connectivity index is 1.88. The maximum absolute atomic E-state index is 12.7. The summed E-state index contributed by atoms with van der Waals surface area (Å²) in [6.45, 7) is 3.47. The lowest BCUT2D eigenvalue weighted by Gasteiger charge is -2.31. The molecular weight excluding hydrogens is 347 g/mol. The molecule has 0 saturated carbocycles. The highest BCUT2D eigenvalue weighted by molar-refractivity contribution is 7.99. The van der Waals surface area contributed by atoms with Gasteiger partial charge in [0.25, 0.3) is 0 Å². The van der Waals surface area contributed by atoms with Crippen molar-refractivity contribution in [1.29, 1.82) is 5.26 Å². The summed E-state index contributed by atoms with van der Waals surface area (Å²) < 4.78 is 38.1. The third-order valence-corrected chi connectivity index (χ3v) is 5.01. The van der Waals surface area contributed by atoms with Gasteiger partial charge in [0.2, 0.25) is 0 Å². The molecule has 1 aliphatic heterocycles. The maximum Gasteiger partial charge on any atom is 0.416 e. The fraction of sp³-hybridized carbons (Fsp3) is 0.278. The number of nitrogens with zero attached hydrogens (tertiary/aromatic N) is 2. The second-order valence-electron chi connectivity index (χ2n) is 5.66. The van der Waals surface area contributed by atoms with E-state index >= 15 is 0 Å². The quantitative estimate of drug-likeness (QED) is 0.890. The number of hydrogen-bond acceptors (Lipinski definition) is 4.